The van der Waals surface area contributed by atoms with Crippen molar-refractivity contribution in [1.82, 2.24) is 10.5 Å². The molecule has 18 heavy (non-hydrogen) atoms. The van der Waals surface area contributed by atoms with Crippen molar-refractivity contribution in [3.8, 4) is 11.1 Å². The van der Waals surface area contributed by atoms with E-state index in [0.717, 1.165) is 24.4 Å². The van der Waals surface area contributed by atoms with Gasteiger partial charge in [0.1, 0.15) is 5.76 Å². The van der Waals surface area contributed by atoms with Gasteiger partial charge in [-0.25, -0.2) is 0 Å². The van der Waals surface area contributed by atoms with Crippen molar-refractivity contribution in [1.29, 1.82) is 0 Å². The van der Waals surface area contributed by atoms with Gasteiger partial charge >= 0.3 is 0 Å². The lowest BCUT2D eigenvalue weighted by molar-refractivity contribution is 0.330. The second-order valence-corrected chi connectivity index (χ2v) is 5.01. The minimum atomic E-state index is 0.456. The summed E-state index contributed by atoms with van der Waals surface area (Å²) < 4.78 is 5.50. The third-order valence-corrected chi connectivity index (χ3v) is 3.63. The Balaban J connectivity index is 1.93. The first kappa shape index (κ1) is 11.5. The highest BCUT2D eigenvalue weighted by Crippen LogP contribution is 2.32. The Morgan fingerprint density at radius 3 is 2.83 bits per heavy atom. The summed E-state index contributed by atoms with van der Waals surface area (Å²) in [6.45, 7) is 4.21. The van der Waals surface area contributed by atoms with E-state index in [-0.39, 0.29) is 0 Å². The topological polar surface area (TPSA) is 38.1 Å². The van der Waals surface area contributed by atoms with Gasteiger partial charge in [-0.3, -0.25) is 0 Å². The first-order valence-electron chi connectivity index (χ1n) is 6.57. The minimum Gasteiger partial charge on any atom is -0.360 e. The molecule has 1 saturated heterocycles. The number of hydrogen-bond donors (Lipinski definition) is 1. The summed E-state index contributed by atoms with van der Waals surface area (Å²) in [5.41, 5.74) is 3.61. The van der Waals surface area contributed by atoms with Crippen LogP contribution in [0.5, 0.6) is 0 Å². The quantitative estimate of drug-likeness (QED) is 0.879. The van der Waals surface area contributed by atoms with Crippen LogP contribution >= 0.6 is 0 Å². The zero-order chi connectivity index (χ0) is 12.4. The van der Waals surface area contributed by atoms with Gasteiger partial charge < -0.3 is 9.84 Å². The van der Waals surface area contributed by atoms with Gasteiger partial charge in [-0.1, -0.05) is 35.0 Å². The molecule has 0 aliphatic carbocycles. The summed E-state index contributed by atoms with van der Waals surface area (Å²) in [7, 11) is 0. The third kappa shape index (κ3) is 2.18. The van der Waals surface area contributed by atoms with Crippen LogP contribution in [0.15, 0.2) is 35.0 Å². The molecule has 1 aromatic carbocycles. The van der Waals surface area contributed by atoms with Crippen LogP contribution < -0.4 is 5.32 Å². The molecule has 94 valence electrons. The van der Waals surface area contributed by atoms with E-state index >= 15 is 0 Å². The fraction of sp³-hybridized carbons (Fsp3) is 0.400. The molecule has 1 aromatic heterocycles. The molecule has 1 N–H and O–H groups in total. The van der Waals surface area contributed by atoms with Crippen molar-refractivity contribution in [2.75, 3.05) is 13.1 Å². The predicted molar refractivity (Wildman–Crippen MR) is 71.5 cm³/mol. The lowest BCUT2D eigenvalue weighted by Gasteiger charge is -2.21. The van der Waals surface area contributed by atoms with Crippen LogP contribution in [0.3, 0.4) is 0 Å². The molecule has 2 heterocycles. The highest BCUT2D eigenvalue weighted by molar-refractivity contribution is 5.65. The van der Waals surface area contributed by atoms with Crippen LogP contribution in [-0.2, 0) is 0 Å². The standard InChI is InChI=1S/C15H18N2O/c1-11-4-6-12(7-5-11)14-10-17-18-15(14)13-3-2-8-16-9-13/h4-7,10,13,16H,2-3,8-9H2,1H3. The normalized spacial score (nSPS) is 19.9. The summed E-state index contributed by atoms with van der Waals surface area (Å²) in [4.78, 5) is 0. The molecule has 3 nitrogen and oxygen atoms in total. The number of piperidine rings is 1. The fourth-order valence-electron chi connectivity index (χ4n) is 2.57. The maximum Gasteiger partial charge on any atom is 0.148 e. The average molecular weight is 242 g/mol. The van der Waals surface area contributed by atoms with E-state index in [4.69, 9.17) is 4.52 Å². The molecule has 0 amide bonds. The van der Waals surface area contributed by atoms with E-state index < -0.39 is 0 Å². The number of aryl methyl sites for hydroxylation is 1. The van der Waals surface area contributed by atoms with Gasteiger partial charge in [0.05, 0.1) is 6.20 Å². The minimum absolute atomic E-state index is 0.456. The Bertz CT molecular complexity index is 510. The Kier molecular flexibility index (Phi) is 3.15. The van der Waals surface area contributed by atoms with Crippen molar-refractivity contribution < 1.29 is 4.52 Å². The van der Waals surface area contributed by atoms with Crippen molar-refractivity contribution in [3.63, 3.8) is 0 Å². The Morgan fingerprint density at radius 2 is 2.11 bits per heavy atom. The SMILES string of the molecule is Cc1ccc(-c2cnoc2C2CCCNC2)cc1. The zero-order valence-corrected chi connectivity index (χ0v) is 10.6. The van der Waals surface area contributed by atoms with Gasteiger partial charge in [-0.15, -0.1) is 0 Å². The maximum absolute atomic E-state index is 5.50. The van der Waals surface area contributed by atoms with Crippen molar-refractivity contribution in [2.45, 2.75) is 25.7 Å². The number of hydrogen-bond acceptors (Lipinski definition) is 3. The number of rotatable bonds is 2. The molecule has 0 radical (unpaired) electrons. The Hall–Kier alpha value is -1.61. The molecule has 1 aliphatic rings. The van der Waals surface area contributed by atoms with E-state index in [1.807, 2.05) is 6.20 Å². The first-order valence-corrected chi connectivity index (χ1v) is 6.57. The van der Waals surface area contributed by atoms with Gasteiger partial charge in [0.25, 0.3) is 0 Å². The lowest BCUT2D eigenvalue weighted by atomic mass is 9.92. The maximum atomic E-state index is 5.50. The van der Waals surface area contributed by atoms with Crippen LogP contribution in [0.4, 0.5) is 0 Å². The molecule has 0 bridgehead atoms. The van der Waals surface area contributed by atoms with E-state index in [9.17, 15) is 0 Å². The summed E-state index contributed by atoms with van der Waals surface area (Å²) >= 11 is 0. The molecule has 1 unspecified atom stereocenters. The van der Waals surface area contributed by atoms with Crippen molar-refractivity contribution >= 4 is 0 Å². The van der Waals surface area contributed by atoms with Crippen LogP contribution in [0, 0.1) is 6.92 Å². The smallest absolute Gasteiger partial charge is 0.148 e. The van der Waals surface area contributed by atoms with Crippen LogP contribution in [0.25, 0.3) is 11.1 Å². The highest BCUT2D eigenvalue weighted by Gasteiger charge is 2.22. The molecule has 3 heteroatoms. The number of nitrogens with zero attached hydrogens (tertiary/aromatic N) is 1. The molecule has 1 fully saturated rings. The predicted octanol–water partition coefficient (Wildman–Crippen LogP) is 3.12. The first-order chi connectivity index (χ1) is 8.84. The summed E-state index contributed by atoms with van der Waals surface area (Å²) in [5.74, 6) is 1.49. The van der Waals surface area contributed by atoms with Crippen LogP contribution in [0.1, 0.15) is 30.1 Å². The third-order valence-electron chi connectivity index (χ3n) is 3.63. The van der Waals surface area contributed by atoms with Crippen LogP contribution in [-0.4, -0.2) is 18.2 Å². The number of benzene rings is 1. The molecule has 2 aromatic rings. The number of aromatic nitrogens is 1. The molecule has 0 spiro atoms. The molecule has 1 aliphatic heterocycles. The summed E-state index contributed by atoms with van der Waals surface area (Å²) in [6, 6.07) is 8.54. The number of nitrogens with one attached hydrogen (secondary N) is 1. The Morgan fingerprint density at radius 1 is 1.28 bits per heavy atom. The van der Waals surface area contributed by atoms with Crippen molar-refractivity contribution in [2.24, 2.45) is 0 Å². The Labute approximate surface area is 107 Å². The molecule has 0 saturated carbocycles. The van der Waals surface area contributed by atoms with E-state index in [1.165, 1.54) is 24.0 Å². The molecular weight excluding hydrogens is 224 g/mol. The van der Waals surface area contributed by atoms with E-state index in [2.05, 4.69) is 41.7 Å². The lowest BCUT2D eigenvalue weighted by Crippen LogP contribution is -2.28. The highest BCUT2D eigenvalue weighted by atomic mass is 16.5. The zero-order valence-electron chi connectivity index (χ0n) is 10.6. The molecular formula is C15H18N2O. The van der Waals surface area contributed by atoms with Crippen molar-refractivity contribution in [3.05, 3.63) is 41.8 Å². The monoisotopic (exact) mass is 242 g/mol. The largest absolute Gasteiger partial charge is 0.360 e. The van der Waals surface area contributed by atoms with Crippen LogP contribution in [0.2, 0.25) is 0 Å². The van der Waals surface area contributed by atoms with Gasteiger partial charge in [0, 0.05) is 18.0 Å². The average Bonchev–Trinajstić information content (AvgIpc) is 2.90. The van der Waals surface area contributed by atoms with E-state index in [1.54, 1.807) is 0 Å². The summed E-state index contributed by atoms with van der Waals surface area (Å²) in [6.07, 6.45) is 4.23. The van der Waals surface area contributed by atoms with E-state index in [0.29, 0.717) is 5.92 Å². The second-order valence-electron chi connectivity index (χ2n) is 5.01. The van der Waals surface area contributed by atoms with Gasteiger partial charge in [0.2, 0.25) is 0 Å². The fourth-order valence-corrected chi connectivity index (χ4v) is 2.57. The van der Waals surface area contributed by atoms with Gasteiger partial charge in [-0.2, -0.15) is 0 Å². The molecule has 3 rings (SSSR count). The molecule has 1 atom stereocenters. The van der Waals surface area contributed by atoms with Gasteiger partial charge in [-0.05, 0) is 31.9 Å². The van der Waals surface area contributed by atoms with Gasteiger partial charge in [0.15, 0.2) is 0 Å². The second kappa shape index (κ2) is 4.94. The summed E-state index contributed by atoms with van der Waals surface area (Å²) in [5, 5.41) is 7.42.